The largest absolute Gasteiger partial charge is 0.524 e. The normalized spacial score (nSPS) is 21.9. The van der Waals surface area contributed by atoms with Gasteiger partial charge in [-0.3, -0.25) is 14.6 Å². The lowest BCUT2D eigenvalue weighted by Gasteiger charge is -2.40. The number of piperidine rings is 1. The summed E-state index contributed by atoms with van der Waals surface area (Å²) in [5.41, 5.74) is -0.184. The summed E-state index contributed by atoms with van der Waals surface area (Å²) in [5.74, 6) is -1.82. The van der Waals surface area contributed by atoms with Crippen LogP contribution in [-0.2, 0) is 4.57 Å². The number of rotatable bonds is 4. The van der Waals surface area contributed by atoms with E-state index in [2.05, 4.69) is 0 Å². The number of phosphoric acid groups is 1. The number of phenols is 1. The molecule has 1 saturated heterocycles. The second kappa shape index (κ2) is 8.79. The first-order valence-electron chi connectivity index (χ1n) is 10.2. The van der Waals surface area contributed by atoms with Gasteiger partial charge in [0, 0.05) is 35.1 Å². The minimum atomic E-state index is -5.04. The molecule has 3 aromatic rings. The second-order valence-electron chi connectivity index (χ2n) is 8.16. The molecule has 3 unspecified atom stereocenters. The number of hydrogen-bond acceptors (Lipinski definition) is 7. The van der Waals surface area contributed by atoms with Crippen LogP contribution < -0.4 is 9.95 Å². The van der Waals surface area contributed by atoms with E-state index in [9.17, 15) is 29.4 Å². The zero-order valence-corrected chi connectivity index (χ0v) is 19.5. The molecule has 0 aliphatic carbocycles. The first-order chi connectivity index (χ1) is 15.5. The molecule has 1 aliphatic heterocycles. The van der Waals surface area contributed by atoms with Crippen LogP contribution >= 0.6 is 19.4 Å². The fraction of sp³-hybridized carbons (Fsp3) is 0.286. The highest BCUT2D eigenvalue weighted by molar-refractivity contribution is 7.46. The summed E-state index contributed by atoms with van der Waals surface area (Å²) in [4.78, 5) is 33.9. The summed E-state index contributed by atoms with van der Waals surface area (Å²) in [6, 6.07) is 8.84. The number of hydrogen-bond donors (Lipinski definition) is 4. The number of fused-ring (bicyclic) bond motifs is 1. The van der Waals surface area contributed by atoms with E-state index in [4.69, 9.17) is 20.5 Å². The zero-order valence-electron chi connectivity index (χ0n) is 17.8. The number of halogens is 1. The number of phosphoric ester groups is 1. The van der Waals surface area contributed by atoms with Gasteiger partial charge in [-0.05, 0) is 32.1 Å². The molecule has 174 valence electrons. The molecule has 2 heterocycles. The average molecular weight is 494 g/mol. The summed E-state index contributed by atoms with van der Waals surface area (Å²) >= 11 is 6.27. The number of likely N-dealkylation sites (N-methyl/N-ethyl adjacent to an activating group) is 1. The molecule has 3 atom stereocenters. The predicted molar refractivity (Wildman–Crippen MR) is 126 cm³/mol. The molecular weight excluding hydrogens is 471 g/mol. The molecule has 0 saturated carbocycles. The van der Waals surface area contributed by atoms with Gasteiger partial charge in [-0.25, -0.2) is 4.57 Å². The van der Waals surface area contributed by atoms with Crippen molar-refractivity contribution in [2.75, 3.05) is 13.6 Å². The predicted octanol–water partition coefficient (Wildman–Crippen LogP) is 2.03. The Bertz CT molecular complexity index is 1330. The van der Waals surface area contributed by atoms with E-state index in [0.717, 1.165) is 6.07 Å². The molecule has 0 spiro atoms. The van der Waals surface area contributed by atoms with Gasteiger partial charge in [0.25, 0.3) is 0 Å². The standard InChI is InChI=1S/C21H22BClNO8P/c1-24-7-6-11(19(27)21(24)22)17-16(32-33(28,29)30)9-14(26)18-13(25)8-15(31-20(17)18)10-4-2-3-5-12(10)23/h2-5,8-9,11,19,21,26-27H,6-7,22H2,1H3,(H2,28,29,30). The highest BCUT2D eigenvalue weighted by Gasteiger charge is 2.38. The topological polar surface area (TPSA) is 141 Å². The van der Waals surface area contributed by atoms with Crippen LogP contribution in [-0.4, -0.2) is 58.4 Å². The van der Waals surface area contributed by atoms with Crippen molar-refractivity contribution >= 4 is 38.2 Å². The van der Waals surface area contributed by atoms with Crippen molar-refractivity contribution in [1.29, 1.82) is 0 Å². The van der Waals surface area contributed by atoms with Crippen molar-refractivity contribution in [3.8, 4) is 22.8 Å². The van der Waals surface area contributed by atoms with Gasteiger partial charge in [0.1, 0.15) is 36.1 Å². The Labute approximate surface area is 194 Å². The molecule has 0 radical (unpaired) electrons. The van der Waals surface area contributed by atoms with Gasteiger partial charge in [0.15, 0.2) is 5.43 Å². The van der Waals surface area contributed by atoms with Crippen LogP contribution in [0, 0.1) is 0 Å². The maximum absolute atomic E-state index is 13.0. The maximum Gasteiger partial charge on any atom is 0.524 e. The van der Waals surface area contributed by atoms with Crippen LogP contribution in [0.15, 0.2) is 45.6 Å². The van der Waals surface area contributed by atoms with Crippen molar-refractivity contribution in [3.63, 3.8) is 0 Å². The molecule has 12 heteroatoms. The summed E-state index contributed by atoms with van der Waals surface area (Å²) in [6.07, 6.45) is -0.579. The quantitative estimate of drug-likeness (QED) is 0.317. The number of aliphatic hydroxyl groups is 1. The van der Waals surface area contributed by atoms with Crippen LogP contribution in [0.3, 0.4) is 0 Å². The second-order valence-corrected chi connectivity index (χ2v) is 9.73. The van der Waals surface area contributed by atoms with Crippen molar-refractivity contribution in [1.82, 2.24) is 4.90 Å². The molecule has 1 aliphatic rings. The van der Waals surface area contributed by atoms with Crippen molar-refractivity contribution < 1.29 is 33.5 Å². The van der Waals surface area contributed by atoms with E-state index in [0.29, 0.717) is 23.6 Å². The third kappa shape index (κ3) is 4.55. The first-order valence-corrected chi connectivity index (χ1v) is 12.1. The third-order valence-electron chi connectivity index (χ3n) is 6.10. The van der Waals surface area contributed by atoms with E-state index in [1.807, 2.05) is 19.8 Å². The smallest absolute Gasteiger partial charge is 0.507 e. The minimum Gasteiger partial charge on any atom is -0.507 e. The van der Waals surface area contributed by atoms with Gasteiger partial charge >= 0.3 is 7.82 Å². The molecule has 1 aromatic heterocycles. The average Bonchev–Trinajstić information content (AvgIpc) is 2.72. The van der Waals surface area contributed by atoms with Gasteiger partial charge < -0.3 is 24.1 Å². The molecule has 33 heavy (non-hydrogen) atoms. The van der Waals surface area contributed by atoms with E-state index in [1.54, 1.807) is 24.3 Å². The lowest BCUT2D eigenvalue weighted by atomic mass is 9.74. The lowest BCUT2D eigenvalue weighted by Crippen LogP contribution is -2.50. The van der Waals surface area contributed by atoms with Crippen LogP contribution in [0.25, 0.3) is 22.3 Å². The highest BCUT2D eigenvalue weighted by atomic mass is 35.5. The van der Waals surface area contributed by atoms with Gasteiger partial charge in [-0.2, -0.15) is 0 Å². The van der Waals surface area contributed by atoms with Crippen LogP contribution in [0.4, 0.5) is 0 Å². The number of aliphatic hydroxyl groups excluding tert-OH is 1. The summed E-state index contributed by atoms with van der Waals surface area (Å²) in [7, 11) is -1.38. The van der Waals surface area contributed by atoms with Crippen LogP contribution in [0.5, 0.6) is 11.5 Å². The summed E-state index contributed by atoms with van der Waals surface area (Å²) in [6.45, 7) is 0.565. The lowest BCUT2D eigenvalue weighted by molar-refractivity contribution is 0.0433. The molecule has 1 fully saturated rings. The van der Waals surface area contributed by atoms with Gasteiger partial charge in [-0.1, -0.05) is 23.7 Å². The summed E-state index contributed by atoms with van der Waals surface area (Å²) in [5, 5.41) is 21.7. The van der Waals surface area contributed by atoms with Crippen molar-refractivity contribution in [2.24, 2.45) is 0 Å². The van der Waals surface area contributed by atoms with E-state index < -0.39 is 31.0 Å². The number of aromatic hydroxyl groups is 1. The molecule has 0 amide bonds. The highest BCUT2D eigenvalue weighted by Crippen LogP contribution is 2.48. The number of benzene rings is 2. The number of phenolic OH excluding ortho intramolecular Hbond substituents is 1. The van der Waals surface area contributed by atoms with E-state index in [1.165, 1.54) is 6.07 Å². The minimum absolute atomic E-state index is 0.0996. The Balaban J connectivity index is 2.06. The Kier molecular flexibility index (Phi) is 6.35. The number of nitrogens with zero attached hydrogens (tertiary/aromatic N) is 1. The molecule has 4 N–H and O–H groups in total. The van der Waals surface area contributed by atoms with Crippen LogP contribution in [0.2, 0.25) is 5.02 Å². The van der Waals surface area contributed by atoms with Crippen LogP contribution in [0.1, 0.15) is 17.9 Å². The molecular formula is C21H22BClNO8P. The van der Waals surface area contributed by atoms with Gasteiger partial charge in [-0.15, -0.1) is 0 Å². The number of likely N-dealkylation sites (tertiary alicyclic amines) is 1. The fourth-order valence-corrected chi connectivity index (χ4v) is 4.93. The van der Waals surface area contributed by atoms with Gasteiger partial charge in [0.2, 0.25) is 0 Å². The maximum atomic E-state index is 13.0. The van der Waals surface area contributed by atoms with Crippen molar-refractivity contribution in [2.45, 2.75) is 24.4 Å². The Morgan fingerprint density at radius 1 is 1.27 bits per heavy atom. The Morgan fingerprint density at radius 2 is 1.97 bits per heavy atom. The molecule has 4 rings (SSSR count). The fourth-order valence-electron chi connectivity index (χ4n) is 4.29. The molecule has 2 aromatic carbocycles. The van der Waals surface area contributed by atoms with E-state index >= 15 is 0 Å². The first kappa shape index (κ1) is 23.8. The zero-order chi connectivity index (χ0) is 24.1. The van der Waals surface area contributed by atoms with Crippen molar-refractivity contribution in [3.05, 3.63) is 57.2 Å². The SMILES string of the molecule is BC1C(O)C(c2c(OP(=O)(O)O)cc(O)c3c(=O)cc(-c4ccccc4Cl)oc23)CCN1C. The molecule has 0 bridgehead atoms. The Morgan fingerprint density at radius 3 is 2.64 bits per heavy atom. The third-order valence-corrected chi connectivity index (χ3v) is 6.87. The van der Waals surface area contributed by atoms with E-state index in [-0.39, 0.29) is 34.0 Å². The summed E-state index contributed by atoms with van der Waals surface area (Å²) < 4.78 is 22.6. The monoisotopic (exact) mass is 493 g/mol. The molecule has 9 nitrogen and oxygen atoms in total. The van der Waals surface area contributed by atoms with Gasteiger partial charge in [0.05, 0.1) is 11.1 Å². The Hall–Kier alpha value is -2.33.